The van der Waals surface area contributed by atoms with Crippen molar-refractivity contribution in [2.45, 2.75) is 18.9 Å². The lowest BCUT2D eigenvalue weighted by molar-refractivity contribution is 0.437. The molecule has 1 aliphatic rings. The summed E-state index contributed by atoms with van der Waals surface area (Å²) < 4.78 is 5.72. The number of benzene rings is 1. The van der Waals surface area contributed by atoms with E-state index >= 15 is 0 Å². The lowest BCUT2D eigenvalue weighted by atomic mass is 10.2. The number of phenolic OH excluding ortho intramolecular Hbond substituents is 1. The zero-order valence-electron chi connectivity index (χ0n) is 9.39. The lowest BCUT2D eigenvalue weighted by Crippen LogP contribution is -2.12. The number of rotatable bonds is 2. The maximum Gasteiger partial charge on any atom is 0.212 e. The molecule has 1 unspecified atom stereocenters. The first-order valence-electron chi connectivity index (χ1n) is 5.81. The van der Waals surface area contributed by atoms with Gasteiger partial charge >= 0.3 is 0 Å². The van der Waals surface area contributed by atoms with E-state index in [9.17, 15) is 5.11 Å². The molecule has 0 radical (unpaired) electrons. The van der Waals surface area contributed by atoms with Crippen LogP contribution < -0.4 is 5.32 Å². The number of nitrogens with zero attached hydrogens (tertiary/aromatic N) is 1. The van der Waals surface area contributed by atoms with Gasteiger partial charge in [0.05, 0.1) is 12.2 Å². The number of hydrogen-bond donors (Lipinski definition) is 2. The Balaban J connectivity index is 1.89. The minimum absolute atomic E-state index is 0.236. The third-order valence-electron chi connectivity index (χ3n) is 3.01. The average Bonchev–Trinajstić information content (AvgIpc) is 3.00. The molecule has 0 spiro atoms. The molecule has 1 atom stereocenters. The van der Waals surface area contributed by atoms with Gasteiger partial charge in [-0.2, -0.15) is 0 Å². The fourth-order valence-electron chi connectivity index (χ4n) is 2.14. The van der Waals surface area contributed by atoms with Crippen molar-refractivity contribution in [3.05, 3.63) is 36.4 Å². The molecule has 2 heterocycles. The first-order chi connectivity index (χ1) is 8.33. The van der Waals surface area contributed by atoms with Crippen molar-refractivity contribution in [3.8, 4) is 17.1 Å². The standard InChI is InChI=1S/C13H14N2O2/c16-10-4-1-3-9(7-10)12-8-15-13(17-12)11-5-2-6-14-11/h1,3-4,7-8,11,14,16H,2,5-6H2. The summed E-state index contributed by atoms with van der Waals surface area (Å²) in [5.41, 5.74) is 0.849. The van der Waals surface area contributed by atoms with Crippen LogP contribution in [-0.4, -0.2) is 16.6 Å². The van der Waals surface area contributed by atoms with Gasteiger partial charge in [-0.3, -0.25) is 0 Å². The fourth-order valence-corrected chi connectivity index (χ4v) is 2.14. The molecule has 1 fully saturated rings. The molecule has 1 aliphatic heterocycles. The van der Waals surface area contributed by atoms with Gasteiger partial charge < -0.3 is 14.8 Å². The lowest BCUT2D eigenvalue weighted by Gasteiger charge is -2.03. The number of aromatic nitrogens is 1. The molecular weight excluding hydrogens is 216 g/mol. The smallest absolute Gasteiger partial charge is 0.212 e. The van der Waals surface area contributed by atoms with E-state index in [0.717, 1.165) is 30.8 Å². The summed E-state index contributed by atoms with van der Waals surface area (Å²) in [5.74, 6) is 1.67. The first-order valence-corrected chi connectivity index (χ1v) is 5.81. The van der Waals surface area contributed by atoms with Crippen LogP contribution in [0.15, 0.2) is 34.9 Å². The highest BCUT2D eigenvalue weighted by Crippen LogP contribution is 2.28. The molecule has 0 bridgehead atoms. The molecule has 1 aromatic carbocycles. The van der Waals surface area contributed by atoms with Gasteiger partial charge in [0, 0.05) is 5.56 Å². The SMILES string of the molecule is Oc1cccc(-c2cnc(C3CCCN3)o2)c1. The normalized spacial score (nSPS) is 19.6. The molecule has 17 heavy (non-hydrogen) atoms. The Kier molecular flexibility index (Phi) is 2.57. The minimum atomic E-state index is 0.236. The Hall–Kier alpha value is -1.81. The second-order valence-corrected chi connectivity index (χ2v) is 4.26. The van der Waals surface area contributed by atoms with E-state index in [4.69, 9.17) is 4.42 Å². The zero-order chi connectivity index (χ0) is 11.7. The fraction of sp³-hybridized carbons (Fsp3) is 0.308. The molecule has 4 heteroatoms. The van der Waals surface area contributed by atoms with Gasteiger partial charge in [0.2, 0.25) is 5.89 Å². The number of aromatic hydroxyl groups is 1. The highest BCUT2D eigenvalue weighted by Gasteiger charge is 2.21. The molecule has 0 saturated carbocycles. The molecule has 88 valence electrons. The van der Waals surface area contributed by atoms with Crippen LogP contribution in [0.25, 0.3) is 11.3 Å². The van der Waals surface area contributed by atoms with Gasteiger partial charge in [-0.1, -0.05) is 12.1 Å². The van der Waals surface area contributed by atoms with Crippen LogP contribution in [-0.2, 0) is 0 Å². The van der Waals surface area contributed by atoms with Gasteiger partial charge in [0.25, 0.3) is 0 Å². The Labute approximate surface area is 99.3 Å². The largest absolute Gasteiger partial charge is 0.508 e. The summed E-state index contributed by atoms with van der Waals surface area (Å²) >= 11 is 0. The van der Waals surface area contributed by atoms with Crippen LogP contribution >= 0.6 is 0 Å². The van der Waals surface area contributed by atoms with Gasteiger partial charge in [-0.05, 0) is 31.5 Å². The number of phenols is 1. The molecule has 2 N–H and O–H groups in total. The maximum absolute atomic E-state index is 9.42. The molecule has 4 nitrogen and oxygen atoms in total. The molecule has 0 aliphatic carbocycles. The van der Waals surface area contributed by atoms with Crippen molar-refractivity contribution >= 4 is 0 Å². The van der Waals surface area contributed by atoms with E-state index in [1.165, 1.54) is 0 Å². The summed E-state index contributed by atoms with van der Waals surface area (Å²) in [6, 6.07) is 7.24. The molecule has 1 saturated heterocycles. The Morgan fingerprint density at radius 3 is 3.12 bits per heavy atom. The molecular formula is C13H14N2O2. The van der Waals surface area contributed by atoms with Gasteiger partial charge in [-0.15, -0.1) is 0 Å². The van der Waals surface area contributed by atoms with Crippen molar-refractivity contribution in [2.75, 3.05) is 6.54 Å². The van der Waals surface area contributed by atoms with Crippen LogP contribution in [0.2, 0.25) is 0 Å². The minimum Gasteiger partial charge on any atom is -0.508 e. The van der Waals surface area contributed by atoms with E-state index in [-0.39, 0.29) is 11.8 Å². The highest BCUT2D eigenvalue weighted by atomic mass is 16.4. The molecule has 0 amide bonds. The van der Waals surface area contributed by atoms with Crippen LogP contribution in [0.5, 0.6) is 5.75 Å². The summed E-state index contributed by atoms with van der Waals surface area (Å²) in [5, 5.41) is 12.8. The second kappa shape index (κ2) is 4.22. The van der Waals surface area contributed by atoms with Crippen LogP contribution in [0.3, 0.4) is 0 Å². The van der Waals surface area contributed by atoms with E-state index in [1.54, 1.807) is 24.4 Å². The Bertz CT molecular complexity index is 516. The van der Waals surface area contributed by atoms with Crippen molar-refractivity contribution < 1.29 is 9.52 Å². The summed E-state index contributed by atoms with van der Waals surface area (Å²) in [7, 11) is 0. The van der Waals surface area contributed by atoms with Crippen LogP contribution in [0.1, 0.15) is 24.8 Å². The second-order valence-electron chi connectivity index (χ2n) is 4.26. The Morgan fingerprint density at radius 1 is 1.41 bits per heavy atom. The summed E-state index contributed by atoms with van der Waals surface area (Å²) in [4.78, 5) is 4.29. The maximum atomic E-state index is 9.42. The quantitative estimate of drug-likeness (QED) is 0.832. The van der Waals surface area contributed by atoms with Gasteiger partial charge in [0.15, 0.2) is 5.76 Å². The first kappa shape index (κ1) is 10.4. The predicted octanol–water partition coefficient (Wildman–Crippen LogP) is 2.47. The van der Waals surface area contributed by atoms with E-state index < -0.39 is 0 Å². The zero-order valence-corrected chi connectivity index (χ0v) is 9.39. The van der Waals surface area contributed by atoms with E-state index in [2.05, 4.69) is 10.3 Å². The van der Waals surface area contributed by atoms with E-state index in [0.29, 0.717) is 5.76 Å². The van der Waals surface area contributed by atoms with Crippen molar-refractivity contribution in [1.29, 1.82) is 0 Å². The number of hydrogen-bond acceptors (Lipinski definition) is 4. The number of nitrogens with one attached hydrogen (secondary N) is 1. The van der Waals surface area contributed by atoms with Crippen molar-refractivity contribution in [2.24, 2.45) is 0 Å². The van der Waals surface area contributed by atoms with Crippen LogP contribution in [0.4, 0.5) is 0 Å². The highest BCUT2D eigenvalue weighted by molar-refractivity contribution is 5.58. The molecule has 1 aromatic heterocycles. The van der Waals surface area contributed by atoms with Crippen molar-refractivity contribution in [1.82, 2.24) is 10.3 Å². The van der Waals surface area contributed by atoms with Crippen molar-refractivity contribution in [3.63, 3.8) is 0 Å². The Morgan fingerprint density at radius 2 is 2.35 bits per heavy atom. The third-order valence-corrected chi connectivity index (χ3v) is 3.01. The van der Waals surface area contributed by atoms with E-state index in [1.807, 2.05) is 6.07 Å². The van der Waals surface area contributed by atoms with Gasteiger partial charge in [0.1, 0.15) is 5.75 Å². The topological polar surface area (TPSA) is 58.3 Å². The summed E-state index contributed by atoms with van der Waals surface area (Å²) in [6.07, 6.45) is 3.94. The summed E-state index contributed by atoms with van der Waals surface area (Å²) in [6.45, 7) is 1.02. The van der Waals surface area contributed by atoms with Gasteiger partial charge in [-0.25, -0.2) is 4.98 Å². The molecule has 2 aromatic rings. The third kappa shape index (κ3) is 2.03. The predicted molar refractivity (Wildman–Crippen MR) is 63.6 cm³/mol. The number of oxazole rings is 1. The molecule has 3 rings (SSSR count). The van der Waals surface area contributed by atoms with Crippen LogP contribution in [0, 0.1) is 0 Å². The monoisotopic (exact) mass is 230 g/mol. The average molecular weight is 230 g/mol.